The fourth-order valence-corrected chi connectivity index (χ4v) is 2.50. The van der Waals surface area contributed by atoms with E-state index in [9.17, 15) is 4.79 Å². The Kier molecular flexibility index (Phi) is 5.09. The molecule has 0 saturated carbocycles. The van der Waals surface area contributed by atoms with Crippen molar-refractivity contribution in [3.63, 3.8) is 0 Å². The maximum absolute atomic E-state index is 12.5. The Labute approximate surface area is 146 Å². The first-order valence-electron chi connectivity index (χ1n) is 8.11. The van der Waals surface area contributed by atoms with Gasteiger partial charge in [0.15, 0.2) is 0 Å². The van der Waals surface area contributed by atoms with Crippen molar-refractivity contribution in [2.45, 2.75) is 25.9 Å². The summed E-state index contributed by atoms with van der Waals surface area (Å²) < 4.78 is 7.49. The number of carbonyl (C=O) groups is 1. The van der Waals surface area contributed by atoms with E-state index in [-0.39, 0.29) is 11.9 Å². The molecule has 1 heterocycles. The zero-order valence-corrected chi connectivity index (χ0v) is 14.2. The third-order valence-corrected chi connectivity index (χ3v) is 3.93. The molecule has 0 unspecified atom stereocenters. The number of ether oxygens (including phenoxy) is 1. The number of amides is 1. The zero-order chi connectivity index (χ0) is 17.6. The number of nitrogens with zero attached hydrogens (tertiary/aromatic N) is 3. The van der Waals surface area contributed by atoms with Gasteiger partial charge in [-0.3, -0.25) is 4.79 Å². The summed E-state index contributed by atoms with van der Waals surface area (Å²) in [6.07, 6.45) is 2.94. The lowest BCUT2D eigenvalue weighted by molar-refractivity contribution is -0.124. The van der Waals surface area contributed by atoms with Gasteiger partial charge in [-0.2, -0.15) is 5.10 Å². The minimum Gasteiger partial charge on any atom is -0.457 e. The summed E-state index contributed by atoms with van der Waals surface area (Å²) in [5, 5.41) is 7.01. The van der Waals surface area contributed by atoms with Crippen LogP contribution >= 0.6 is 0 Å². The lowest BCUT2D eigenvalue weighted by atomic mass is 10.1. The van der Waals surface area contributed by atoms with Crippen molar-refractivity contribution >= 4 is 5.91 Å². The Balaban J connectivity index is 1.74. The van der Waals surface area contributed by atoms with Crippen LogP contribution in [0.2, 0.25) is 0 Å². The fraction of sp³-hybridized carbons (Fsp3) is 0.211. The van der Waals surface area contributed by atoms with Gasteiger partial charge in [0.05, 0.1) is 6.04 Å². The molecule has 25 heavy (non-hydrogen) atoms. The van der Waals surface area contributed by atoms with Crippen LogP contribution in [-0.2, 0) is 4.79 Å². The first-order chi connectivity index (χ1) is 12.1. The maximum Gasteiger partial charge on any atom is 0.245 e. The van der Waals surface area contributed by atoms with E-state index in [0.29, 0.717) is 0 Å². The highest BCUT2D eigenvalue weighted by atomic mass is 16.5. The molecule has 6 nitrogen and oxygen atoms in total. The average Bonchev–Trinajstić information content (AvgIpc) is 3.17. The topological polar surface area (TPSA) is 69.0 Å². The second kappa shape index (κ2) is 7.61. The van der Waals surface area contributed by atoms with Crippen molar-refractivity contribution in [3.8, 4) is 11.5 Å². The van der Waals surface area contributed by atoms with Crippen LogP contribution in [0.15, 0.2) is 67.3 Å². The van der Waals surface area contributed by atoms with Gasteiger partial charge in [-0.15, -0.1) is 0 Å². The molecule has 3 rings (SSSR count). The fourth-order valence-electron chi connectivity index (χ4n) is 2.50. The van der Waals surface area contributed by atoms with E-state index in [2.05, 4.69) is 15.4 Å². The number of hydrogen-bond acceptors (Lipinski definition) is 4. The van der Waals surface area contributed by atoms with Crippen LogP contribution in [0.5, 0.6) is 11.5 Å². The number of para-hydroxylation sites is 2. The zero-order valence-electron chi connectivity index (χ0n) is 14.2. The standard InChI is InChI=1S/C19H20N4O2/c1-14(22-19(24)15(2)23-13-20-12-21-23)17-10-6-7-11-18(17)25-16-8-4-3-5-9-16/h3-15H,1-2H3,(H,22,24)/t14-,15-/m1/s1. The Morgan fingerprint density at radius 3 is 2.52 bits per heavy atom. The van der Waals surface area contributed by atoms with Crippen molar-refractivity contribution in [3.05, 3.63) is 72.8 Å². The second-order valence-corrected chi connectivity index (χ2v) is 5.73. The minimum atomic E-state index is -0.438. The molecule has 1 amide bonds. The predicted molar refractivity (Wildman–Crippen MR) is 94.2 cm³/mol. The molecule has 2 aromatic carbocycles. The summed E-state index contributed by atoms with van der Waals surface area (Å²) in [6, 6.07) is 16.6. The molecule has 0 aliphatic heterocycles. The van der Waals surface area contributed by atoms with Crippen molar-refractivity contribution in [1.82, 2.24) is 20.1 Å². The van der Waals surface area contributed by atoms with Crippen LogP contribution in [0.3, 0.4) is 0 Å². The number of carbonyl (C=O) groups excluding carboxylic acids is 1. The smallest absolute Gasteiger partial charge is 0.245 e. The molecule has 128 valence electrons. The van der Waals surface area contributed by atoms with E-state index in [0.717, 1.165) is 17.1 Å². The van der Waals surface area contributed by atoms with Crippen molar-refractivity contribution in [1.29, 1.82) is 0 Å². The van der Waals surface area contributed by atoms with E-state index in [1.54, 1.807) is 6.92 Å². The lowest BCUT2D eigenvalue weighted by Gasteiger charge is -2.20. The molecule has 2 atom stereocenters. The molecule has 1 N–H and O–H groups in total. The Hall–Kier alpha value is -3.15. The molecule has 0 aliphatic carbocycles. The third kappa shape index (κ3) is 4.03. The highest BCUT2D eigenvalue weighted by Crippen LogP contribution is 2.29. The summed E-state index contributed by atoms with van der Waals surface area (Å²) in [4.78, 5) is 16.3. The number of nitrogens with one attached hydrogen (secondary N) is 1. The van der Waals surface area contributed by atoms with Gasteiger partial charge in [0.2, 0.25) is 5.91 Å². The highest BCUT2D eigenvalue weighted by molar-refractivity contribution is 5.80. The highest BCUT2D eigenvalue weighted by Gasteiger charge is 2.20. The summed E-state index contributed by atoms with van der Waals surface area (Å²) >= 11 is 0. The van der Waals surface area contributed by atoms with Crippen LogP contribution < -0.4 is 10.1 Å². The molecule has 6 heteroatoms. The minimum absolute atomic E-state index is 0.132. The van der Waals surface area contributed by atoms with Gasteiger partial charge in [0, 0.05) is 5.56 Å². The third-order valence-electron chi connectivity index (χ3n) is 3.93. The van der Waals surface area contributed by atoms with E-state index in [4.69, 9.17) is 4.74 Å². The number of benzene rings is 2. The molecular weight excluding hydrogens is 316 g/mol. The Bertz CT molecular complexity index is 818. The van der Waals surface area contributed by atoms with Gasteiger partial charge >= 0.3 is 0 Å². The summed E-state index contributed by atoms with van der Waals surface area (Å²) in [7, 11) is 0. The van der Waals surface area contributed by atoms with E-state index >= 15 is 0 Å². The van der Waals surface area contributed by atoms with Gasteiger partial charge in [-0.05, 0) is 32.0 Å². The first-order valence-corrected chi connectivity index (χ1v) is 8.11. The molecule has 0 radical (unpaired) electrons. The van der Waals surface area contributed by atoms with Crippen LogP contribution in [0.4, 0.5) is 0 Å². The molecule has 0 spiro atoms. The normalized spacial score (nSPS) is 13.0. The molecular formula is C19H20N4O2. The van der Waals surface area contributed by atoms with Crippen LogP contribution in [0.1, 0.15) is 31.5 Å². The molecule has 3 aromatic rings. The molecule has 0 fully saturated rings. The van der Waals surface area contributed by atoms with Crippen LogP contribution in [0, 0.1) is 0 Å². The van der Waals surface area contributed by atoms with Gasteiger partial charge in [0.1, 0.15) is 30.2 Å². The SMILES string of the molecule is C[C@H](C(=O)N[C@H](C)c1ccccc1Oc1ccccc1)n1cncn1. The largest absolute Gasteiger partial charge is 0.457 e. The van der Waals surface area contributed by atoms with E-state index in [1.165, 1.54) is 17.3 Å². The van der Waals surface area contributed by atoms with Crippen LogP contribution in [0.25, 0.3) is 0 Å². The van der Waals surface area contributed by atoms with Gasteiger partial charge < -0.3 is 10.1 Å². The summed E-state index contributed by atoms with van der Waals surface area (Å²) in [5.74, 6) is 1.34. The lowest BCUT2D eigenvalue weighted by Crippen LogP contribution is -2.33. The quantitative estimate of drug-likeness (QED) is 0.748. The molecule has 0 bridgehead atoms. The average molecular weight is 336 g/mol. The Morgan fingerprint density at radius 1 is 1.08 bits per heavy atom. The number of rotatable bonds is 6. The summed E-state index contributed by atoms with van der Waals surface area (Å²) in [6.45, 7) is 3.71. The van der Waals surface area contributed by atoms with Crippen molar-refractivity contribution in [2.24, 2.45) is 0 Å². The van der Waals surface area contributed by atoms with Crippen molar-refractivity contribution < 1.29 is 9.53 Å². The Morgan fingerprint density at radius 2 is 1.80 bits per heavy atom. The summed E-state index contributed by atoms with van der Waals surface area (Å²) in [5.41, 5.74) is 0.908. The van der Waals surface area contributed by atoms with E-state index < -0.39 is 6.04 Å². The van der Waals surface area contributed by atoms with Gasteiger partial charge in [-0.1, -0.05) is 36.4 Å². The van der Waals surface area contributed by atoms with E-state index in [1.807, 2.05) is 61.5 Å². The van der Waals surface area contributed by atoms with Crippen LogP contribution in [-0.4, -0.2) is 20.7 Å². The van der Waals surface area contributed by atoms with Gasteiger partial charge in [-0.25, -0.2) is 9.67 Å². The molecule has 1 aromatic heterocycles. The van der Waals surface area contributed by atoms with Crippen molar-refractivity contribution in [2.75, 3.05) is 0 Å². The molecule has 0 aliphatic rings. The molecule has 0 saturated heterocycles. The predicted octanol–water partition coefficient (Wildman–Crippen LogP) is 3.51. The number of aromatic nitrogens is 3. The second-order valence-electron chi connectivity index (χ2n) is 5.73. The van der Waals surface area contributed by atoms with Gasteiger partial charge in [0.25, 0.3) is 0 Å². The maximum atomic E-state index is 12.5. The monoisotopic (exact) mass is 336 g/mol. The first kappa shape index (κ1) is 16.7. The number of hydrogen-bond donors (Lipinski definition) is 1.